The lowest BCUT2D eigenvalue weighted by Crippen LogP contribution is -2.26. The molecule has 0 radical (unpaired) electrons. The molecule has 0 saturated heterocycles. The van der Waals surface area contributed by atoms with E-state index in [4.69, 9.17) is 5.11 Å². The summed E-state index contributed by atoms with van der Waals surface area (Å²) in [6, 6.07) is 5.12. The number of pyridine rings is 1. The molecule has 0 atom stereocenters. The first-order valence-electron chi connectivity index (χ1n) is 7.65. The molecule has 0 aromatic carbocycles. The van der Waals surface area contributed by atoms with Crippen LogP contribution in [0.25, 0.3) is 0 Å². The highest BCUT2D eigenvalue weighted by Gasteiger charge is 2.03. The van der Waals surface area contributed by atoms with E-state index in [2.05, 4.69) is 5.32 Å². The van der Waals surface area contributed by atoms with Crippen molar-refractivity contribution in [1.29, 1.82) is 0 Å². The first-order valence-corrected chi connectivity index (χ1v) is 7.65. The molecule has 122 valence electrons. The Hall–Kier alpha value is -2.11. The van der Waals surface area contributed by atoms with Crippen LogP contribution >= 0.6 is 0 Å². The van der Waals surface area contributed by atoms with Crippen LogP contribution in [0, 0.1) is 6.92 Å². The second-order valence-electron chi connectivity index (χ2n) is 5.31. The molecule has 0 unspecified atom stereocenters. The van der Waals surface area contributed by atoms with Gasteiger partial charge in [-0.2, -0.15) is 0 Å². The summed E-state index contributed by atoms with van der Waals surface area (Å²) in [5.74, 6) is -0.810. The lowest BCUT2D eigenvalue weighted by Gasteiger charge is -2.09. The first kappa shape index (κ1) is 17.9. The highest BCUT2D eigenvalue weighted by Crippen LogP contribution is 2.00. The number of hydrogen-bond acceptors (Lipinski definition) is 3. The van der Waals surface area contributed by atoms with Gasteiger partial charge in [0, 0.05) is 37.7 Å². The third-order valence-electron chi connectivity index (χ3n) is 3.44. The summed E-state index contributed by atoms with van der Waals surface area (Å²) in [7, 11) is 0. The fourth-order valence-electron chi connectivity index (χ4n) is 2.20. The number of carbonyl (C=O) groups is 2. The Bertz CT molecular complexity index is 551. The predicted octanol–water partition coefficient (Wildman–Crippen LogP) is 1.70. The van der Waals surface area contributed by atoms with Crippen molar-refractivity contribution in [2.75, 3.05) is 6.54 Å². The van der Waals surface area contributed by atoms with E-state index in [1.165, 1.54) is 6.07 Å². The summed E-state index contributed by atoms with van der Waals surface area (Å²) in [5.41, 5.74) is 0.852. The van der Waals surface area contributed by atoms with Crippen molar-refractivity contribution in [2.24, 2.45) is 0 Å². The molecule has 0 aliphatic heterocycles. The van der Waals surface area contributed by atoms with Gasteiger partial charge in [0.25, 0.3) is 5.56 Å². The first-order chi connectivity index (χ1) is 10.5. The predicted molar refractivity (Wildman–Crippen MR) is 83.8 cm³/mol. The van der Waals surface area contributed by atoms with E-state index in [0.717, 1.165) is 18.5 Å². The number of nitrogens with zero attached hydrogens (tertiary/aromatic N) is 1. The molecule has 6 nitrogen and oxygen atoms in total. The zero-order valence-corrected chi connectivity index (χ0v) is 13.0. The molecule has 1 aromatic heterocycles. The molecule has 0 aliphatic rings. The normalized spacial score (nSPS) is 10.4. The van der Waals surface area contributed by atoms with E-state index < -0.39 is 5.97 Å². The minimum Gasteiger partial charge on any atom is -0.481 e. The average Bonchev–Trinajstić information content (AvgIpc) is 2.45. The molecule has 1 heterocycles. The fourth-order valence-corrected chi connectivity index (χ4v) is 2.20. The Morgan fingerprint density at radius 2 is 1.91 bits per heavy atom. The standard InChI is InChI=1S/C16H24N2O4/c1-13-7-5-9-15(20)18(13)12-6-8-14(19)17-11-4-2-3-10-16(21)22/h5,7,9H,2-4,6,8,10-12H2,1H3,(H,17,19)(H,21,22). The second kappa shape index (κ2) is 9.76. The molecule has 0 bridgehead atoms. The van der Waals surface area contributed by atoms with Crippen LogP contribution in [-0.2, 0) is 16.1 Å². The summed E-state index contributed by atoms with van der Waals surface area (Å²) in [5, 5.41) is 11.3. The van der Waals surface area contributed by atoms with E-state index in [1.807, 2.05) is 13.0 Å². The number of hydrogen-bond donors (Lipinski definition) is 2. The fraction of sp³-hybridized carbons (Fsp3) is 0.562. The maximum absolute atomic E-state index is 11.7. The van der Waals surface area contributed by atoms with Gasteiger partial charge in [-0.1, -0.05) is 12.5 Å². The van der Waals surface area contributed by atoms with Crippen LogP contribution in [0.2, 0.25) is 0 Å². The van der Waals surface area contributed by atoms with Gasteiger partial charge in [-0.25, -0.2) is 0 Å². The maximum atomic E-state index is 11.7. The number of aryl methyl sites for hydroxylation is 1. The largest absolute Gasteiger partial charge is 0.481 e. The van der Waals surface area contributed by atoms with Gasteiger partial charge < -0.3 is 15.0 Å². The maximum Gasteiger partial charge on any atom is 0.303 e. The SMILES string of the molecule is Cc1cccc(=O)n1CCCC(=O)NCCCCCC(=O)O. The molecule has 0 spiro atoms. The van der Waals surface area contributed by atoms with Gasteiger partial charge in [-0.3, -0.25) is 14.4 Å². The van der Waals surface area contributed by atoms with Crippen molar-refractivity contribution < 1.29 is 14.7 Å². The number of carboxylic acids is 1. The molecular formula is C16H24N2O4. The van der Waals surface area contributed by atoms with Crippen molar-refractivity contribution in [3.8, 4) is 0 Å². The van der Waals surface area contributed by atoms with E-state index in [1.54, 1.807) is 10.6 Å². The van der Waals surface area contributed by atoms with Crippen LogP contribution < -0.4 is 10.9 Å². The van der Waals surface area contributed by atoms with Crippen molar-refractivity contribution in [3.05, 3.63) is 34.2 Å². The smallest absolute Gasteiger partial charge is 0.303 e. The third-order valence-corrected chi connectivity index (χ3v) is 3.44. The van der Waals surface area contributed by atoms with Crippen molar-refractivity contribution in [2.45, 2.75) is 52.0 Å². The van der Waals surface area contributed by atoms with Gasteiger partial charge in [0.15, 0.2) is 0 Å². The molecule has 2 N–H and O–H groups in total. The van der Waals surface area contributed by atoms with Gasteiger partial charge in [-0.05, 0) is 32.3 Å². The molecule has 0 aliphatic carbocycles. The van der Waals surface area contributed by atoms with Crippen molar-refractivity contribution in [3.63, 3.8) is 0 Å². The number of carboxylic acid groups (broad SMARTS) is 1. The Labute approximate surface area is 130 Å². The van der Waals surface area contributed by atoms with Crippen LogP contribution in [0.3, 0.4) is 0 Å². The molecule has 0 saturated carbocycles. The van der Waals surface area contributed by atoms with Crippen LogP contribution in [-0.4, -0.2) is 28.1 Å². The number of rotatable bonds is 10. The molecule has 6 heteroatoms. The van der Waals surface area contributed by atoms with Gasteiger partial charge in [-0.15, -0.1) is 0 Å². The summed E-state index contributed by atoms with van der Waals surface area (Å²) < 4.78 is 1.67. The summed E-state index contributed by atoms with van der Waals surface area (Å²) >= 11 is 0. The summed E-state index contributed by atoms with van der Waals surface area (Å²) in [4.78, 5) is 33.6. The minimum absolute atomic E-state index is 0.0279. The highest BCUT2D eigenvalue weighted by molar-refractivity contribution is 5.75. The number of amides is 1. The average molecular weight is 308 g/mol. The van der Waals surface area contributed by atoms with Gasteiger partial charge in [0.2, 0.25) is 5.91 Å². The zero-order valence-electron chi connectivity index (χ0n) is 13.0. The monoisotopic (exact) mass is 308 g/mol. The third kappa shape index (κ3) is 7.06. The van der Waals surface area contributed by atoms with Crippen LogP contribution in [0.1, 0.15) is 44.2 Å². The highest BCUT2D eigenvalue weighted by atomic mass is 16.4. The Balaban J connectivity index is 2.14. The molecule has 1 aromatic rings. The molecular weight excluding hydrogens is 284 g/mol. The summed E-state index contributed by atoms with van der Waals surface area (Å²) in [6.45, 7) is 2.99. The number of aromatic nitrogens is 1. The lowest BCUT2D eigenvalue weighted by atomic mass is 10.2. The van der Waals surface area contributed by atoms with Crippen molar-refractivity contribution in [1.82, 2.24) is 9.88 Å². The minimum atomic E-state index is -0.782. The van der Waals surface area contributed by atoms with Crippen LogP contribution in [0.15, 0.2) is 23.0 Å². The van der Waals surface area contributed by atoms with Crippen molar-refractivity contribution >= 4 is 11.9 Å². The Kier molecular flexibility index (Phi) is 7.96. The Morgan fingerprint density at radius 3 is 2.59 bits per heavy atom. The van der Waals surface area contributed by atoms with Crippen LogP contribution in [0.5, 0.6) is 0 Å². The van der Waals surface area contributed by atoms with E-state index in [-0.39, 0.29) is 17.9 Å². The molecule has 1 amide bonds. The van der Waals surface area contributed by atoms with E-state index in [9.17, 15) is 14.4 Å². The lowest BCUT2D eigenvalue weighted by molar-refractivity contribution is -0.137. The van der Waals surface area contributed by atoms with E-state index >= 15 is 0 Å². The Morgan fingerprint density at radius 1 is 1.14 bits per heavy atom. The second-order valence-corrected chi connectivity index (χ2v) is 5.31. The topological polar surface area (TPSA) is 88.4 Å². The van der Waals surface area contributed by atoms with Crippen LogP contribution in [0.4, 0.5) is 0 Å². The molecule has 1 rings (SSSR count). The number of aliphatic carboxylic acids is 1. The molecule has 22 heavy (non-hydrogen) atoms. The zero-order chi connectivity index (χ0) is 16.4. The van der Waals surface area contributed by atoms with Gasteiger partial charge in [0.05, 0.1) is 0 Å². The number of nitrogens with one attached hydrogen (secondary N) is 1. The number of unbranched alkanes of at least 4 members (excludes halogenated alkanes) is 2. The van der Waals surface area contributed by atoms with E-state index in [0.29, 0.717) is 32.4 Å². The van der Waals surface area contributed by atoms with Gasteiger partial charge >= 0.3 is 5.97 Å². The quantitative estimate of drug-likeness (QED) is 0.644. The number of carbonyl (C=O) groups excluding carboxylic acids is 1. The molecule has 0 fully saturated rings. The van der Waals surface area contributed by atoms with Gasteiger partial charge in [0.1, 0.15) is 0 Å². The summed E-state index contributed by atoms with van der Waals surface area (Å²) in [6.07, 6.45) is 3.41.